The van der Waals surface area contributed by atoms with Crippen LogP contribution < -0.4 is 14.9 Å². The molecule has 0 aromatic heterocycles. The van der Waals surface area contributed by atoms with E-state index in [4.69, 9.17) is 16.3 Å². The zero-order chi connectivity index (χ0) is 23.3. The van der Waals surface area contributed by atoms with Crippen molar-refractivity contribution < 1.29 is 18.1 Å². The molecule has 0 unspecified atom stereocenters. The van der Waals surface area contributed by atoms with Crippen molar-refractivity contribution in [1.29, 1.82) is 0 Å². The van der Waals surface area contributed by atoms with Gasteiger partial charge in [-0.25, -0.2) is 8.42 Å². The van der Waals surface area contributed by atoms with E-state index in [1.807, 2.05) is 0 Å². The largest absolute Gasteiger partial charge is 0.497 e. The fourth-order valence-corrected chi connectivity index (χ4v) is 3.90. The maximum Gasteiger partial charge on any atom is 0.295 e. The van der Waals surface area contributed by atoms with Crippen molar-refractivity contribution in [2.24, 2.45) is 5.10 Å². The SMILES string of the molecule is COc1ccc(/C(C)=N/Nc2ccc(S(=O)(=O)Nc3ccc(Cl)cc3)cc2[N+](=O)[O-])cc1. The van der Waals surface area contributed by atoms with Gasteiger partial charge in [0.1, 0.15) is 11.4 Å². The monoisotopic (exact) mass is 474 g/mol. The molecule has 0 heterocycles. The molecular formula is C21H19ClN4O5S. The molecule has 3 aromatic carbocycles. The van der Waals surface area contributed by atoms with Crippen LogP contribution in [-0.4, -0.2) is 26.2 Å². The molecular weight excluding hydrogens is 456 g/mol. The third kappa shape index (κ3) is 5.54. The Morgan fingerprint density at radius 2 is 1.72 bits per heavy atom. The lowest BCUT2D eigenvalue weighted by molar-refractivity contribution is -0.384. The Morgan fingerprint density at radius 3 is 2.31 bits per heavy atom. The highest BCUT2D eigenvalue weighted by Crippen LogP contribution is 2.29. The van der Waals surface area contributed by atoms with Crippen LogP contribution in [0.2, 0.25) is 5.02 Å². The van der Waals surface area contributed by atoms with E-state index in [9.17, 15) is 18.5 Å². The van der Waals surface area contributed by atoms with Crippen LogP contribution in [0.1, 0.15) is 12.5 Å². The summed E-state index contributed by atoms with van der Waals surface area (Å²) in [6.45, 7) is 1.73. The number of sulfonamides is 1. The van der Waals surface area contributed by atoms with Crippen molar-refractivity contribution in [3.8, 4) is 5.75 Å². The molecule has 0 fully saturated rings. The van der Waals surface area contributed by atoms with Crippen molar-refractivity contribution in [2.45, 2.75) is 11.8 Å². The van der Waals surface area contributed by atoms with Gasteiger partial charge in [0, 0.05) is 16.8 Å². The lowest BCUT2D eigenvalue weighted by atomic mass is 10.1. The Hall–Kier alpha value is -3.63. The summed E-state index contributed by atoms with van der Waals surface area (Å²) < 4.78 is 32.8. The molecule has 3 rings (SSSR count). The standard InChI is InChI=1S/C21H19ClN4O5S/c1-14(15-3-9-18(31-2)10-4-15)23-24-20-12-11-19(13-21(20)26(27)28)32(29,30)25-17-7-5-16(22)6-8-17/h3-13,24-25H,1-2H3/b23-14+. The first-order valence-corrected chi connectivity index (χ1v) is 11.1. The summed E-state index contributed by atoms with van der Waals surface area (Å²) in [5.74, 6) is 0.689. The molecule has 0 radical (unpaired) electrons. The van der Waals surface area contributed by atoms with Gasteiger partial charge in [-0.05, 0) is 73.2 Å². The smallest absolute Gasteiger partial charge is 0.295 e. The highest BCUT2D eigenvalue weighted by molar-refractivity contribution is 7.92. The molecule has 2 N–H and O–H groups in total. The second kappa shape index (κ2) is 9.67. The van der Waals surface area contributed by atoms with Crippen LogP contribution in [0.3, 0.4) is 0 Å². The van der Waals surface area contributed by atoms with Crippen LogP contribution in [0, 0.1) is 10.1 Å². The lowest BCUT2D eigenvalue weighted by Gasteiger charge is -2.10. The van der Waals surface area contributed by atoms with Crippen LogP contribution in [0.15, 0.2) is 76.7 Å². The quantitative estimate of drug-likeness (QED) is 0.272. The minimum Gasteiger partial charge on any atom is -0.497 e. The zero-order valence-electron chi connectivity index (χ0n) is 17.1. The van der Waals surface area contributed by atoms with E-state index in [2.05, 4.69) is 15.2 Å². The molecule has 0 aliphatic rings. The maximum atomic E-state index is 12.7. The third-order valence-electron chi connectivity index (χ3n) is 4.42. The molecule has 0 spiro atoms. The normalized spacial score (nSPS) is 11.7. The van der Waals surface area contributed by atoms with Crippen molar-refractivity contribution >= 4 is 44.4 Å². The Balaban J connectivity index is 1.85. The predicted molar refractivity (Wildman–Crippen MR) is 124 cm³/mol. The summed E-state index contributed by atoms with van der Waals surface area (Å²) in [4.78, 5) is 10.6. The number of ether oxygens (including phenoxy) is 1. The fraction of sp³-hybridized carbons (Fsp3) is 0.0952. The van der Waals surface area contributed by atoms with Gasteiger partial charge in [0.05, 0.1) is 22.6 Å². The first-order chi connectivity index (χ1) is 15.2. The molecule has 0 amide bonds. The van der Waals surface area contributed by atoms with Crippen molar-refractivity contribution in [1.82, 2.24) is 0 Å². The van der Waals surface area contributed by atoms with Crippen molar-refractivity contribution in [3.05, 3.63) is 87.4 Å². The number of hydrogen-bond donors (Lipinski definition) is 2. The summed E-state index contributed by atoms with van der Waals surface area (Å²) in [6, 6.07) is 16.7. The number of benzene rings is 3. The summed E-state index contributed by atoms with van der Waals surface area (Å²) in [6.07, 6.45) is 0. The predicted octanol–water partition coefficient (Wildman–Crippen LogP) is 4.89. The highest BCUT2D eigenvalue weighted by atomic mass is 35.5. The topological polar surface area (TPSA) is 123 Å². The van der Waals surface area contributed by atoms with E-state index < -0.39 is 20.6 Å². The number of nitro groups is 1. The Morgan fingerprint density at radius 1 is 1.06 bits per heavy atom. The second-order valence-corrected chi connectivity index (χ2v) is 8.70. The average molecular weight is 475 g/mol. The number of nitro benzene ring substituents is 1. The first kappa shape index (κ1) is 23.0. The van der Waals surface area contributed by atoms with E-state index >= 15 is 0 Å². The van der Waals surface area contributed by atoms with E-state index in [1.165, 1.54) is 36.4 Å². The average Bonchev–Trinajstić information content (AvgIpc) is 2.78. The number of halogens is 1. The molecule has 0 saturated carbocycles. The number of methoxy groups -OCH3 is 1. The summed E-state index contributed by atoms with van der Waals surface area (Å²) in [5.41, 5.74) is 3.89. The molecule has 0 atom stereocenters. The third-order valence-corrected chi connectivity index (χ3v) is 6.06. The van der Waals surface area contributed by atoms with Crippen LogP contribution >= 0.6 is 11.6 Å². The van der Waals surface area contributed by atoms with E-state index in [-0.39, 0.29) is 16.3 Å². The van der Waals surface area contributed by atoms with Gasteiger partial charge in [0.25, 0.3) is 15.7 Å². The van der Waals surface area contributed by atoms with Gasteiger partial charge in [-0.3, -0.25) is 20.3 Å². The minimum absolute atomic E-state index is 0.0494. The van der Waals surface area contributed by atoms with Crippen LogP contribution in [0.4, 0.5) is 17.1 Å². The van der Waals surface area contributed by atoms with Gasteiger partial charge in [0.2, 0.25) is 0 Å². The number of hydrazone groups is 1. The van der Waals surface area contributed by atoms with Crippen LogP contribution in [0.25, 0.3) is 0 Å². The number of rotatable bonds is 8. The highest BCUT2D eigenvalue weighted by Gasteiger charge is 2.21. The molecule has 0 aliphatic heterocycles. The number of hydrogen-bond acceptors (Lipinski definition) is 7. The van der Waals surface area contributed by atoms with Crippen molar-refractivity contribution in [2.75, 3.05) is 17.3 Å². The van der Waals surface area contributed by atoms with Gasteiger partial charge in [-0.2, -0.15) is 5.10 Å². The Labute approximate surface area is 189 Å². The Kier molecular flexibility index (Phi) is 6.96. The molecule has 3 aromatic rings. The molecule has 0 bridgehead atoms. The number of nitrogens with one attached hydrogen (secondary N) is 2. The zero-order valence-corrected chi connectivity index (χ0v) is 18.6. The van der Waals surface area contributed by atoms with Crippen LogP contribution in [0.5, 0.6) is 5.75 Å². The summed E-state index contributed by atoms with van der Waals surface area (Å²) in [7, 11) is -2.49. The summed E-state index contributed by atoms with van der Waals surface area (Å²) in [5, 5.41) is 16.2. The minimum atomic E-state index is -4.05. The molecule has 0 saturated heterocycles. The van der Waals surface area contributed by atoms with Gasteiger partial charge in [-0.15, -0.1) is 0 Å². The fourth-order valence-electron chi connectivity index (χ4n) is 2.70. The van der Waals surface area contributed by atoms with E-state index in [1.54, 1.807) is 38.3 Å². The first-order valence-electron chi connectivity index (χ1n) is 9.21. The van der Waals surface area contributed by atoms with E-state index in [0.29, 0.717) is 16.5 Å². The van der Waals surface area contributed by atoms with E-state index in [0.717, 1.165) is 11.6 Å². The second-order valence-electron chi connectivity index (χ2n) is 6.59. The Bertz CT molecular complexity index is 1260. The summed E-state index contributed by atoms with van der Waals surface area (Å²) >= 11 is 5.80. The molecule has 9 nitrogen and oxygen atoms in total. The molecule has 32 heavy (non-hydrogen) atoms. The molecule has 0 aliphatic carbocycles. The number of anilines is 2. The maximum absolute atomic E-state index is 12.7. The lowest BCUT2D eigenvalue weighted by Crippen LogP contribution is -2.13. The van der Waals surface area contributed by atoms with Crippen molar-refractivity contribution in [3.63, 3.8) is 0 Å². The van der Waals surface area contributed by atoms with Gasteiger partial charge in [-0.1, -0.05) is 11.6 Å². The molecule has 166 valence electrons. The van der Waals surface area contributed by atoms with Crippen LogP contribution in [-0.2, 0) is 10.0 Å². The van der Waals surface area contributed by atoms with Gasteiger partial charge in [0.15, 0.2) is 0 Å². The molecule has 11 heteroatoms. The number of nitrogens with zero attached hydrogens (tertiary/aromatic N) is 2. The van der Waals surface area contributed by atoms with Gasteiger partial charge >= 0.3 is 0 Å². The van der Waals surface area contributed by atoms with Gasteiger partial charge < -0.3 is 4.74 Å².